The lowest BCUT2D eigenvalue weighted by Gasteiger charge is -2.11. The van der Waals surface area contributed by atoms with Crippen LogP contribution < -0.4 is 5.32 Å². The summed E-state index contributed by atoms with van der Waals surface area (Å²) in [7, 11) is 0. The molecular formula is C11H19NO. The van der Waals surface area contributed by atoms with Crippen LogP contribution in [0.3, 0.4) is 0 Å². The second-order valence-electron chi connectivity index (χ2n) is 4.51. The van der Waals surface area contributed by atoms with Crippen molar-refractivity contribution in [2.24, 2.45) is 11.8 Å². The van der Waals surface area contributed by atoms with Crippen molar-refractivity contribution < 1.29 is 4.79 Å². The van der Waals surface area contributed by atoms with Gasteiger partial charge in [0, 0.05) is 12.3 Å². The third-order valence-electron chi connectivity index (χ3n) is 3.46. The topological polar surface area (TPSA) is 29.1 Å². The molecule has 0 aromatic rings. The van der Waals surface area contributed by atoms with Gasteiger partial charge < -0.3 is 5.32 Å². The van der Waals surface area contributed by atoms with Crippen LogP contribution in [0, 0.1) is 11.8 Å². The number of hydrogen-bond donors (Lipinski definition) is 1. The SMILES string of the molecule is O=C(C[C@@H]1CCNC1)C1CCCC1. The van der Waals surface area contributed by atoms with Crippen LogP contribution in [0.1, 0.15) is 38.5 Å². The van der Waals surface area contributed by atoms with E-state index in [4.69, 9.17) is 0 Å². The molecule has 0 amide bonds. The number of nitrogens with one attached hydrogen (secondary N) is 1. The van der Waals surface area contributed by atoms with Crippen LogP contribution in [0.2, 0.25) is 0 Å². The molecule has 0 spiro atoms. The lowest BCUT2D eigenvalue weighted by atomic mass is 9.93. The van der Waals surface area contributed by atoms with Gasteiger partial charge in [-0.3, -0.25) is 4.79 Å². The molecule has 2 aliphatic rings. The molecule has 1 aliphatic heterocycles. The van der Waals surface area contributed by atoms with Gasteiger partial charge in [0.05, 0.1) is 0 Å². The number of Topliss-reactive ketones (excluding diaryl/α,β-unsaturated/α-hetero) is 1. The lowest BCUT2D eigenvalue weighted by molar-refractivity contribution is -0.123. The molecule has 2 nitrogen and oxygen atoms in total. The van der Waals surface area contributed by atoms with Crippen molar-refractivity contribution in [3.05, 3.63) is 0 Å². The lowest BCUT2D eigenvalue weighted by Crippen LogP contribution is -2.17. The van der Waals surface area contributed by atoms with Crippen molar-refractivity contribution in [3.63, 3.8) is 0 Å². The predicted molar refractivity (Wildman–Crippen MR) is 52.6 cm³/mol. The number of ketones is 1. The van der Waals surface area contributed by atoms with Gasteiger partial charge in [-0.05, 0) is 38.3 Å². The van der Waals surface area contributed by atoms with Crippen molar-refractivity contribution >= 4 is 5.78 Å². The summed E-state index contributed by atoms with van der Waals surface area (Å²) in [5.41, 5.74) is 0. The largest absolute Gasteiger partial charge is 0.316 e. The zero-order valence-electron chi connectivity index (χ0n) is 8.22. The Morgan fingerprint density at radius 3 is 2.62 bits per heavy atom. The molecule has 0 unspecified atom stereocenters. The van der Waals surface area contributed by atoms with Crippen LogP contribution in [0.5, 0.6) is 0 Å². The van der Waals surface area contributed by atoms with Crippen LogP contribution in [-0.2, 0) is 4.79 Å². The first-order valence-electron chi connectivity index (χ1n) is 5.59. The van der Waals surface area contributed by atoms with Gasteiger partial charge in [0.1, 0.15) is 5.78 Å². The second kappa shape index (κ2) is 4.23. The fourth-order valence-electron chi connectivity index (χ4n) is 2.59. The molecule has 2 rings (SSSR count). The number of hydrogen-bond acceptors (Lipinski definition) is 2. The summed E-state index contributed by atoms with van der Waals surface area (Å²) in [6, 6.07) is 0. The van der Waals surface area contributed by atoms with E-state index in [1.54, 1.807) is 0 Å². The smallest absolute Gasteiger partial charge is 0.136 e. The van der Waals surface area contributed by atoms with Crippen LogP contribution >= 0.6 is 0 Å². The Hall–Kier alpha value is -0.370. The zero-order valence-corrected chi connectivity index (χ0v) is 8.22. The van der Waals surface area contributed by atoms with E-state index in [-0.39, 0.29) is 0 Å². The average Bonchev–Trinajstić information content (AvgIpc) is 2.74. The van der Waals surface area contributed by atoms with Gasteiger partial charge in [-0.1, -0.05) is 12.8 Å². The molecule has 13 heavy (non-hydrogen) atoms. The Labute approximate surface area is 80.1 Å². The van der Waals surface area contributed by atoms with E-state index in [0.717, 1.165) is 19.5 Å². The van der Waals surface area contributed by atoms with Gasteiger partial charge in [0.15, 0.2) is 0 Å². The summed E-state index contributed by atoms with van der Waals surface area (Å²) in [4.78, 5) is 11.8. The number of carbonyl (C=O) groups excluding carboxylic acids is 1. The van der Waals surface area contributed by atoms with Gasteiger partial charge in [-0.2, -0.15) is 0 Å². The number of carbonyl (C=O) groups is 1. The van der Waals surface area contributed by atoms with Gasteiger partial charge in [-0.25, -0.2) is 0 Å². The highest BCUT2D eigenvalue weighted by Gasteiger charge is 2.26. The molecule has 0 bridgehead atoms. The summed E-state index contributed by atoms with van der Waals surface area (Å²) in [5, 5.41) is 3.32. The molecule has 0 radical (unpaired) electrons. The Balaban J connectivity index is 1.76. The summed E-state index contributed by atoms with van der Waals surface area (Å²) in [6.45, 7) is 2.18. The highest BCUT2D eigenvalue weighted by Crippen LogP contribution is 2.28. The van der Waals surface area contributed by atoms with Crippen LogP contribution in [0.15, 0.2) is 0 Å². The molecule has 74 valence electrons. The maximum absolute atomic E-state index is 11.8. The highest BCUT2D eigenvalue weighted by molar-refractivity contribution is 5.81. The van der Waals surface area contributed by atoms with E-state index in [1.165, 1.54) is 32.1 Å². The van der Waals surface area contributed by atoms with Crippen LogP contribution in [-0.4, -0.2) is 18.9 Å². The molecule has 1 aliphatic carbocycles. The minimum Gasteiger partial charge on any atom is -0.316 e. The monoisotopic (exact) mass is 181 g/mol. The van der Waals surface area contributed by atoms with Gasteiger partial charge in [0.25, 0.3) is 0 Å². The second-order valence-corrected chi connectivity index (χ2v) is 4.51. The normalized spacial score (nSPS) is 29.7. The maximum atomic E-state index is 11.8. The summed E-state index contributed by atoms with van der Waals surface area (Å²) >= 11 is 0. The van der Waals surface area contributed by atoms with E-state index < -0.39 is 0 Å². The van der Waals surface area contributed by atoms with Crippen molar-refractivity contribution in [1.82, 2.24) is 5.32 Å². The molecule has 0 aromatic heterocycles. The van der Waals surface area contributed by atoms with Crippen LogP contribution in [0.25, 0.3) is 0 Å². The first kappa shape index (κ1) is 9.20. The minimum absolute atomic E-state index is 0.431. The van der Waals surface area contributed by atoms with Gasteiger partial charge in [-0.15, -0.1) is 0 Å². The average molecular weight is 181 g/mol. The Morgan fingerprint density at radius 2 is 2.00 bits per heavy atom. The molecule has 1 heterocycles. The molecule has 2 fully saturated rings. The molecule has 1 saturated heterocycles. The van der Waals surface area contributed by atoms with E-state index in [1.807, 2.05) is 0 Å². The fourth-order valence-corrected chi connectivity index (χ4v) is 2.59. The van der Waals surface area contributed by atoms with Gasteiger partial charge >= 0.3 is 0 Å². The Bertz CT molecular complexity index is 179. The van der Waals surface area contributed by atoms with Crippen LogP contribution in [0.4, 0.5) is 0 Å². The van der Waals surface area contributed by atoms with Gasteiger partial charge in [0.2, 0.25) is 0 Å². The third-order valence-corrected chi connectivity index (χ3v) is 3.46. The van der Waals surface area contributed by atoms with E-state index >= 15 is 0 Å². The first-order chi connectivity index (χ1) is 6.36. The van der Waals surface area contributed by atoms with Crippen molar-refractivity contribution in [2.45, 2.75) is 38.5 Å². The Morgan fingerprint density at radius 1 is 1.23 bits per heavy atom. The van der Waals surface area contributed by atoms with Crippen molar-refractivity contribution in [1.29, 1.82) is 0 Å². The van der Waals surface area contributed by atoms with E-state index in [2.05, 4.69) is 5.32 Å². The fraction of sp³-hybridized carbons (Fsp3) is 0.909. The minimum atomic E-state index is 0.431. The molecule has 1 saturated carbocycles. The summed E-state index contributed by atoms with van der Waals surface area (Å²) < 4.78 is 0. The molecule has 1 atom stereocenters. The number of rotatable bonds is 3. The standard InChI is InChI=1S/C11H19NO/c13-11(10-3-1-2-4-10)7-9-5-6-12-8-9/h9-10,12H,1-8H2/t9-/m0/s1. The zero-order chi connectivity index (χ0) is 9.10. The Kier molecular flexibility index (Phi) is 2.99. The van der Waals surface area contributed by atoms with Crippen molar-refractivity contribution in [3.8, 4) is 0 Å². The van der Waals surface area contributed by atoms with E-state index in [0.29, 0.717) is 17.6 Å². The summed E-state index contributed by atoms with van der Waals surface area (Å²) in [6.07, 6.45) is 6.94. The highest BCUT2D eigenvalue weighted by atomic mass is 16.1. The predicted octanol–water partition coefficient (Wildman–Crippen LogP) is 1.75. The molecule has 1 N–H and O–H groups in total. The summed E-state index contributed by atoms with van der Waals surface area (Å²) in [5.74, 6) is 1.62. The molecular weight excluding hydrogens is 162 g/mol. The maximum Gasteiger partial charge on any atom is 0.136 e. The third kappa shape index (κ3) is 2.31. The molecule has 2 heteroatoms. The quantitative estimate of drug-likeness (QED) is 0.718. The first-order valence-corrected chi connectivity index (χ1v) is 5.59. The van der Waals surface area contributed by atoms with E-state index in [9.17, 15) is 4.79 Å². The van der Waals surface area contributed by atoms with Crippen molar-refractivity contribution in [2.75, 3.05) is 13.1 Å². The molecule has 0 aromatic carbocycles.